The summed E-state index contributed by atoms with van der Waals surface area (Å²) in [5.74, 6) is -4.42. The van der Waals surface area contributed by atoms with E-state index in [0.29, 0.717) is 16.9 Å². The van der Waals surface area contributed by atoms with Gasteiger partial charge in [-0.1, -0.05) is 29.4 Å². The Kier molecular flexibility index (Phi) is 12.8. The quantitative estimate of drug-likeness (QED) is 0.0668. The fraction of sp³-hybridized carbons (Fsp3) is 0.333. The molecule has 1 aliphatic rings. The lowest BCUT2D eigenvalue weighted by Gasteiger charge is -2.41. The van der Waals surface area contributed by atoms with Crippen LogP contribution >= 0.6 is 0 Å². The van der Waals surface area contributed by atoms with Gasteiger partial charge in [-0.15, -0.1) is 0 Å². The number of hydrogen-bond acceptors (Lipinski definition) is 12. The Bertz CT molecular complexity index is 1580. The van der Waals surface area contributed by atoms with E-state index in [9.17, 15) is 33.9 Å². The van der Waals surface area contributed by atoms with E-state index < -0.39 is 66.7 Å². The number of amidine groups is 2. The number of hydrogen-bond donors (Lipinski definition) is 4. The highest BCUT2D eigenvalue weighted by Crippen LogP contribution is 2.20. The van der Waals surface area contributed by atoms with E-state index in [1.807, 2.05) is 0 Å². The van der Waals surface area contributed by atoms with Crippen LogP contribution in [0.5, 0.6) is 5.75 Å². The SMILES string of the molecule is COC(=O)C[C@H]1C(=O)N(CC(=O)O)CCN1C(=O)[C@H](Cc1ccc(OC)cc1)NC(=O)c1ccc(/C(N)=N/O/C(N)=N/OC(C)=O)cc1. The molecule has 0 spiro atoms. The highest BCUT2D eigenvalue weighted by Gasteiger charge is 2.42. The van der Waals surface area contributed by atoms with Gasteiger partial charge >= 0.3 is 23.9 Å². The Morgan fingerprint density at radius 2 is 1.60 bits per heavy atom. The Morgan fingerprint density at radius 1 is 0.958 bits per heavy atom. The van der Waals surface area contributed by atoms with Crippen LogP contribution in [0.4, 0.5) is 0 Å². The van der Waals surface area contributed by atoms with E-state index in [-0.39, 0.29) is 30.9 Å². The van der Waals surface area contributed by atoms with Crippen molar-refractivity contribution < 1.29 is 53.0 Å². The van der Waals surface area contributed by atoms with Gasteiger partial charge in [0.1, 0.15) is 24.4 Å². The van der Waals surface area contributed by atoms with E-state index in [2.05, 4.69) is 20.5 Å². The van der Waals surface area contributed by atoms with E-state index in [1.165, 1.54) is 31.4 Å². The van der Waals surface area contributed by atoms with E-state index in [0.717, 1.165) is 23.8 Å². The smallest absolute Gasteiger partial charge is 0.350 e. The molecular formula is C30H35N7O11. The molecule has 0 aromatic heterocycles. The number of carbonyl (C=O) groups is 6. The van der Waals surface area contributed by atoms with E-state index >= 15 is 0 Å². The number of benzene rings is 2. The molecule has 1 heterocycles. The molecule has 2 aromatic carbocycles. The zero-order valence-electron chi connectivity index (χ0n) is 26.3. The molecule has 0 radical (unpaired) electrons. The average Bonchev–Trinajstić information content (AvgIpc) is 3.07. The van der Waals surface area contributed by atoms with Crippen molar-refractivity contribution >= 4 is 47.5 Å². The van der Waals surface area contributed by atoms with Crippen LogP contribution in [-0.2, 0) is 44.8 Å². The standard InChI is InChI=1S/C30H35N7O11/c1-17(38)47-35-30(32)48-34-26(31)19-6-8-20(9-7-19)27(42)33-22(14-18-4-10-21(45-2)11-5-18)28(43)37-13-12-36(16-24(39)40)29(44)23(37)15-25(41)46-3/h4-11,22-23H,12-16H2,1-3H3,(H2,31,34)(H2,32,35)(H,33,42)(H,39,40)/t22-,23-/m0/s1. The molecule has 1 saturated heterocycles. The minimum absolute atomic E-state index is 0.00557. The van der Waals surface area contributed by atoms with Crippen molar-refractivity contribution in [2.24, 2.45) is 21.8 Å². The lowest BCUT2D eigenvalue weighted by atomic mass is 10.0. The normalized spacial score (nSPS) is 15.6. The Labute approximate surface area is 274 Å². The largest absolute Gasteiger partial charge is 0.497 e. The summed E-state index contributed by atoms with van der Waals surface area (Å²) in [5, 5.41) is 18.7. The molecule has 0 saturated carbocycles. The summed E-state index contributed by atoms with van der Waals surface area (Å²) < 4.78 is 9.91. The van der Waals surface area contributed by atoms with Crippen molar-refractivity contribution in [2.75, 3.05) is 33.9 Å². The van der Waals surface area contributed by atoms with Gasteiger partial charge in [0.05, 0.1) is 20.6 Å². The van der Waals surface area contributed by atoms with Crippen molar-refractivity contribution in [1.82, 2.24) is 15.1 Å². The van der Waals surface area contributed by atoms with E-state index in [4.69, 9.17) is 25.8 Å². The van der Waals surface area contributed by atoms with Crippen LogP contribution in [0, 0.1) is 0 Å². The molecule has 0 aliphatic carbocycles. The molecule has 48 heavy (non-hydrogen) atoms. The molecule has 18 nitrogen and oxygen atoms in total. The number of nitrogens with zero attached hydrogens (tertiary/aromatic N) is 4. The summed E-state index contributed by atoms with van der Waals surface area (Å²) in [4.78, 5) is 86.4. The third-order valence-electron chi connectivity index (χ3n) is 6.93. The molecule has 3 amide bonds. The lowest BCUT2D eigenvalue weighted by molar-refractivity contribution is -0.159. The zero-order valence-corrected chi connectivity index (χ0v) is 26.3. The number of carboxylic acid groups (broad SMARTS) is 1. The fourth-order valence-electron chi connectivity index (χ4n) is 4.57. The Balaban J connectivity index is 1.86. The van der Waals surface area contributed by atoms with Crippen LogP contribution in [0.2, 0.25) is 0 Å². The molecule has 6 N–H and O–H groups in total. The number of nitrogens with one attached hydrogen (secondary N) is 1. The van der Waals surface area contributed by atoms with E-state index in [1.54, 1.807) is 24.3 Å². The highest BCUT2D eigenvalue weighted by atomic mass is 16.7. The van der Waals surface area contributed by atoms with Gasteiger partial charge in [-0.25, -0.2) is 4.79 Å². The molecule has 256 valence electrons. The lowest BCUT2D eigenvalue weighted by Crippen LogP contribution is -2.63. The van der Waals surface area contributed by atoms with Crippen LogP contribution < -0.4 is 21.5 Å². The minimum Gasteiger partial charge on any atom is -0.497 e. The summed E-state index contributed by atoms with van der Waals surface area (Å²) in [6.07, 6.45) is -0.524. The van der Waals surface area contributed by atoms with Gasteiger partial charge in [0.15, 0.2) is 5.84 Å². The van der Waals surface area contributed by atoms with Crippen molar-refractivity contribution in [1.29, 1.82) is 0 Å². The maximum atomic E-state index is 14.1. The molecule has 0 bridgehead atoms. The van der Waals surface area contributed by atoms with Crippen LogP contribution in [0.1, 0.15) is 34.8 Å². The minimum atomic E-state index is -1.36. The third kappa shape index (κ3) is 10.2. The molecule has 3 rings (SSSR count). The van der Waals surface area contributed by atoms with Gasteiger partial charge in [-0.3, -0.25) is 24.0 Å². The van der Waals surface area contributed by atoms with Gasteiger partial charge < -0.3 is 50.8 Å². The fourth-order valence-corrected chi connectivity index (χ4v) is 4.57. The molecular weight excluding hydrogens is 634 g/mol. The number of aliphatic carboxylic acids is 1. The molecule has 0 unspecified atom stereocenters. The first-order chi connectivity index (χ1) is 22.8. The topological polar surface area (TPSA) is 255 Å². The van der Waals surface area contributed by atoms with Crippen molar-refractivity contribution in [3.8, 4) is 5.75 Å². The number of rotatable bonds is 13. The zero-order chi connectivity index (χ0) is 35.4. The average molecular weight is 670 g/mol. The summed E-state index contributed by atoms with van der Waals surface area (Å²) in [5.41, 5.74) is 12.4. The number of piperazine rings is 1. The first kappa shape index (κ1) is 36.3. The first-order valence-corrected chi connectivity index (χ1v) is 14.3. The number of carboxylic acids is 1. The van der Waals surface area contributed by atoms with Crippen LogP contribution in [0.3, 0.4) is 0 Å². The molecule has 18 heteroatoms. The molecule has 2 atom stereocenters. The Morgan fingerprint density at radius 3 is 2.19 bits per heavy atom. The maximum Gasteiger partial charge on any atom is 0.350 e. The van der Waals surface area contributed by atoms with Crippen molar-refractivity contribution in [3.63, 3.8) is 0 Å². The summed E-state index contributed by atoms with van der Waals surface area (Å²) >= 11 is 0. The highest BCUT2D eigenvalue weighted by molar-refractivity contribution is 6.01. The maximum absolute atomic E-state index is 14.1. The Hall–Kier alpha value is -6.20. The first-order valence-electron chi connectivity index (χ1n) is 14.3. The molecule has 1 aliphatic heterocycles. The van der Waals surface area contributed by atoms with Gasteiger partial charge in [-0.2, -0.15) is 0 Å². The van der Waals surface area contributed by atoms with Gasteiger partial charge in [0.2, 0.25) is 11.8 Å². The van der Waals surface area contributed by atoms with Crippen molar-refractivity contribution in [2.45, 2.75) is 31.8 Å². The summed E-state index contributed by atoms with van der Waals surface area (Å²) in [6, 6.07) is 9.32. The number of oxime groups is 2. The number of ether oxygens (including phenoxy) is 2. The second-order valence-electron chi connectivity index (χ2n) is 10.2. The van der Waals surface area contributed by atoms with Gasteiger partial charge in [-0.05, 0) is 35.0 Å². The number of carbonyl (C=O) groups excluding carboxylic acids is 5. The molecule has 1 fully saturated rings. The third-order valence-corrected chi connectivity index (χ3v) is 6.93. The number of methoxy groups -OCH3 is 2. The predicted octanol–water partition coefficient (Wildman–Crippen LogP) is -0.847. The summed E-state index contributed by atoms with van der Waals surface area (Å²) in [6.45, 7) is 0.293. The number of esters is 1. The molecule has 2 aromatic rings. The van der Waals surface area contributed by atoms with Crippen LogP contribution in [-0.4, -0.2) is 108 Å². The van der Waals surface area contributed by atoms with Gasteiger partial charge in [0.25, 0.3) is 5.91 Å². The predicted molar refractivity (Wildman–Crippen MR) is 166 cm³/mol. The number of amides is 3. The van der Waals surface area contributed by atoms with Crippen LogP contribution in [0.15, 0.2) is 58.8 Å². The number of nitrogens with two attached hydrogens (primary N) is 2. The monoisotopic (exact) mass is 669 g/mol. The second-order valence-corrected chi connectivity index (χ2v) is 10.2. The van der Waals surface area contributed by atoms with Crippen molar-refractivity contribution in [3.05, 3.63) is 65.2 Å². The van der Waals surface area contributed by atoms with Crippen LogP contribution in [0.25, 0.3) is 0 Å². The second kappa shape index (κ2) is 16.9. The summed E-state index contributed by atoms with van der Waals surface area (Å²) in [7, 11) is 2.62. The van der Waals surface area contributed by atoms with Gasteiger partial charge in [0, 0.05) is 37.6 Å².